The van der Waals surface area contributed by atoms with Crippen LogP contribution in [0.15, 0.2) is 36.4 Å². The van der Waals surface area contributed by atoms with Gasteiger partial charge in [0.1, 0.15) is 16.8 Å². The van der Waals surface area contributed by atoms with Gasteiger partial charge in [0, 0.05) is 47.2 Å². The van der Waals surface area contributed by atoms with Crippen molar-refractivity contribution in [2.45, 2.75) is 58.4 Å². The molecule has 1 aromatic heterocycles. The van der Waals surface area contributed by atoms with E-state index in [0.717, 1.165) is 53.7 Å². The summed E-state index contributed by atoms with van der Waals surface area (Å²) in [6.45, 7) is 5.46. The Bertz CT molecular complexity index is 1480. The molecule has 2 amide bonds. The summed E-state index contributed by atoms with van der Waals surface area (Å²) in [6.07, 6.45) is 5.50. The lowest BCUT2D eigenvalue weighted by Gasteiger charge is -2.31. The van der Waals surface area contributed by atoms with Crippen molar-refractivity contribution in [3.05, 3.63) is 53.5 Å². The number of carbonyl (C=O) groups is 2. The summed E-state index contributed by atoms with van der Waals surface area (Å²) in [6, 6.07) is 10.7. The largest absolute Gasteiger partial charge is 0.465 e. The summed E-state index contributed by atoms with van der Waals surface area (Å²) in [5, 5.41) is 14.8. The van der Waals surface area contributed by atoms with Crippen molar-refractivity contribution in [1.82, 2.24) is 14.2 Å². The molecule has 9 nitrogen and oxygen atoms in total. The van der Waals surface area contributed by atoms with Crippen molar-refractivity contribution >= 4 is 39.6 Å². The van der Waals surface area contributed by atoms with E-state index in [1.54, 1.807) is 16.1 Å². The number of likely N-dealkylation sites (N-methyl/N-ethyl adjacent to an activating group) is 1. The normalized spacial score (nSPS) is 18.2. The molecule has 11 heteroatoms. The third kappa shape index (κ3) is 7.49. The Kier molecular flexibility index (Phi) is 9.93. The van der Waals surface area contributed by atoms with Gasteiger partial charge in [-0.1, -0.05) is 39.2 Å². The summed E-state index contributed by atoms with van der Waals surface area (Å²) in [4.78, 5) is 23.9. The lowest BCUT2D eigenvalue weighted by Crippen LogP contribution is -2.33. The molecule has 1 saturated carbocycles. The van der Waals surface area contributed by atoms with Crippen LogP contribution in [0.25, 0.3) is 22.0 Å². The minimum absolute atomic E-state index is 0.140. The van der Waals surface area contributed by atoms with Gasteiger partial charge in [0.15, 0.2) is 0 Å². The number of rotatable bonds is 7. The molecule has 1 aliphatic heterocycles. The Labute approximate surface area is 249 Å². The monoisotopic (exact) mass is 599 g/mol. The van der Waals surface area contributed by atoms with Crippen molar-refractivity contribution in [1.29, 1.82) is 0 Å². The number of anilines is 1. The fraction of sp³-hybridized carbons (Fsp3) is 0.484. The number of carbonyl (C=O) groups excluding carboxylic acids is 1. The van der Waals surface area contributed by atoms with E-state index in [1.807, 2.05) is 31.1 Å². The van der Waals surface area contributed by atoms with Crippen molar-refractivity contribution < 1.29 is 23.3 Å². The summed E-state index contributed by atoms with van der Waals surface area (Å²) in [7, 11) is 2.50. The summed E-state index contributed by atoms with van der Waals surface area (Å²) >= 11 is 0. The fourth-order valence-electron chi connectivity index (χ4n) is 5.79. The fourth-order valence-corrected chi connectivity index (χ4v) is 7.46. The Hall–Kier alpha value is -3.44. The number of benzene rings is 2. The molecule has 1 fully saturated rings. The van der Waals surface area contributed by atoms with Crippen LogP contribution in [0.3, 0.4) is 0 Å². The zero-order chi connectivity index (χ0) is 30.6. The molecule has 0 radical (unpaired) electrons. The van der Waals surface area contributed by atoms with E-state index in [0.29, 0.717) is 29.4 Å². The van der Waals surface area contributed by atoms with Gasteiger partial charge >= 0.3 is 6.09 Å². The molecule has 2 heterocycles. The number of nitrogens with two attached hydrogens (primary N) is 1. The van der Waals surface area contributed by atoms with Crippen molar-refractivity contribution in [3.63, 3.8) is 0 Å². The van der Waals surface area contributed by atoms with Gasteiger partial charge in [-0.15, -0.1) is 0 Å². The number of halogens is 1. The zero-order valence-corrected chi connectivity index (χ0v) is 25.7. The molecule has 1 atom stereocenters. The average Bonchev–Trinajstić information content (AvgIpc) is 3.21. The number of fused-ring (bicyclic) bond motifs is 3. The second-order valence-electron chi connectivity index (χ2n) is 12.2. The molecular formula is C31H42FN5O4S. The number of primary amides is 1. The standard InChI is InChI=1S/C26H30FN3O2S.C5H12N2O2/c1-26(2)14-23-24(20-11-9-17(27)13-22(20)30(23)33(32)15-26)16-8-10-19(25(28)31)21(12-16)29-18-6-4-3-5-7-18;1-7(2)4-3-6-5(8)9/h8-13,18,29H,3-7,14-15H2,1-2H3,(H2,28,31);6H,3-4H2,1-2H3,(H,8,9). The molecule has 2 aliphatic rings. The first-order chi connectivity index (χ1) is 19.9. The van der Waals surface area contributed by atoms with E-state index in [4.69, 9.17) is 10.8 Å². The van der Waals surface area contributed by atoms with Crippen molar-refractivity contribution in [3.8, 4) is 11.1 Å². The smallest absolute Gasteiger partial charge is 0.404 e. The molecule has 0 bridgehead atoms. The molecule has 5 rings (SSSR count). The zero-order valence-electron chi connectivity index (χ0n) is 24.8. The minimum Gasteiger partial charge on any atom is -0.465 e. The maximum absolute atomic E-state index is 14.2. The van der Waals surface area contributed by atoms with Gasteiger partial charge in [-0.25, -0.2) is 13.4 Å². The van der Waals surface area contributed by atoms with Gasteiger partial charge in [-0.3, -0.25) is 8.77 Å². The molecular weight excluding hydrogens is 557 g/mol. The van der Waals surface area contributed by atoms with E-state index in [-0.39, 0.29) is 11.2 Å². The summed E-state index contributed by atoms with van der Waals surface area (Å²) < 4.78 is 29.2. The second-order valence-corrected chi connectivity index (χ2v) is 13.5. The lowest BCUT2D eigenvalue weighted by atomic mass is 9.87. The number of nitrogens with zero attached hydrogens (tertiary/aromatic N) is 2. The average molecular weight is 600 g/mol. The number of amides is 2. The number of aromatic nitrogens is 1. The van der Waals surface area contributed by atoms with E-state index in [9.17, 15) is 18.2 Å². The van der Waals surface area contributed by atoms with Crippen LogP contribution < -0.4 is 16.4 Å². The van der Waals surface area contributed by atoms with Crippen LogP contribution in [0.5, 0.6) is 0 Å². The van der Waals surface area contributed by atoms with Gasteiger partial charge < -0.3 is 26.4 Å². The molecule has 228 valence electrons. The number of carboxylic acid groups (broad SMARTS) is 1. The van der Waals surface area contributed by atoms with Crippen LogP contribution in [0.4, 0.5) is 14.9 Å². The molecule has 1 aliphatic carbocycles. The first-order valence-electron chi connectivity index (χ1n) is 14.4. The first-order valence-corrected chi connectivity index (χ1v) is 15.7. The second kappa shape index (κ2) is 13.2. The van der Waals surface area contributed by atoms with Crippen LogP contribution in [-0.2, 0) is 17.4 Å². The molecule has 0 spiro atoms. The maximum atomic E-state index is 14.2. The molecule has 2 aromatic carbocycles. The topological polar surface area (TPSA) is 130 Å². The number of hydrogen-bond acceptors (Lipinski definition) is 5. The van der Waals surface area contributed by atoms with Crippen LogP contribution in [-0.4, -0.2) is 69.2 Å². The molecule has 3 aromatic rings. The van der Waals surface area contributed by atoms with Gasteiger partial charge in [0.25, 0.3) is 5.91 Å². The molecule has 0 saturated heterocycles. The van der Waals surface area contributed by atoms with E-state index in [2.05, 4.69) is 24.5 Å². The Morgan fingerprint density at radius 3 is 2.50 bits per heavy atom. The minimum atomic E-state index is -1.28. The van der Waals surface area contributed by atoms with Crippen LogP contribution in [0.2, 0.25) is 0 Å². The highest BCUT2D eigenvalue weighted by Gasteiger charge is 2.35. The molecule has 42 heavy (non-hydrogen) atoms. The van der Waals surface area contributed by atoms with Gasteiger partial charge in [-0.2, -0.15) is 0 Å². The van der Waals surface area contributed by atoms with E-state index in [1.165, 1.54) is 31.4 Å². The molecule has 1 unspecified atom stereocenters. The summed E-state index contributed by atoms with van der Waals surface area (Å²) in [5.74, 6) is -0.290. The Morgan fingerprint density at radius 1 is 1.14 bits per heavy atom. The quantitative estimate of drug-likeness (QED) is 0.295. The number of hydrogen-bond donors (Lipinski definition) is 4. The Morgan fingerprint density at radius 2 is 1.86 bits per heavy atom. The first kappa shape index (κ1) is 31.5. The predicted octanol–water partition coefficient (Wildman–Crippen LogP) is 5.20. The third-order valence-electron chi connectivity index (χ3n) is 7.72. The van der Waals surface area contributed by atoms with Crippen LogP contribution in [0, 0.1) is 11.2 Å². The van der Waals surface area contributed by atoms with Gasteiger partial charge in [-0.05, 0) is 74.7 Å². The molecule has 5 N–H and O–H groups in total. The highest BCUT2D eigenvalue weighted by atomic mass is 32.2. The maximum Gasteiger partial charge on any atom is 0.404 e. The van der Waals surface area contributed by atoms with E-state index < -0.39 is 23.0 Å². The Balaban J connectivity index is 0.000000392. The highest BCUT2D eigenvalue weighted by molar-refractivity contribution is 7.83. The third-order valence-corrected chi connectivity index (χ3v) is 9.57. The van der Waals surface area contributed by atoms with Crippen LogP contribution >= 0.6 is 0 Å². The van der Waals surface area contributed by atoms with Gasteiger partial charge in [0.05, 0.1) is 11.1 Å². The SMILES string of the molecule is CC1(C)Cc2c(-c3ccc(C(N)=O)c(NC4CCCCC4)c3)c3ccc(F)cc3n2S(=O)C1.CN(C)CCNC(=O)O. The predicted molar refractivity (Wildman–Crippen MR) is 167 cm³/mol. The van der Waals surface area contributed by atoms with E-state index >= 15 is 0 Å². The van der Waals surface area contributed by atoms with Crippen molar-refractivity contribution in [2.24, 2.45) is 11.1 Å². The lowest BCUT2D eigenvalue weighted by molar-refractivity contribution is 0.100. The van der Waals surface area contributed by atoms with Crippen molar-refractivity contribution in [2.75, 3.05) is 38.3 Å². The highest BCUT2D eigenvalue weighted by Crippen LogP contribution is 2.43. The van der Waals surface area contributed by atoms with Gasteiger partial charge in [0.2, 0.25) is 0 Å². The summed E-state index contributed by atoms with van der Waals surface area (Å²) in [5.41, 5.74) is 10.2. The van der Waals surface area contributed by atoms with Crippen LogP contribution in [0.1, 0.15) is 62.0 Å². The number of nitrogens with one attached hydrogen (secondary N) is 2.